The monoisotopic (exact) mass is 385 g/mol. The van der Waals surface area contributed by atoms with E-state index in [4.69, 9.17) is 4.74 Å². The fourth-order valence-corrected chi connectivity index (χ4v) is 4.77. The van der Waals surface area contributed by atoms with Crippen molar-refractivity contribution in [2.45, 2.75) is 38.2 Å². The lowest BCUT2D eigenvalue weighted by Crippen LogP contribution is -2.52. The van der Waals surface area contributed by atoms with E-state index in [9.17, 15) is 9.59 Å². The van der Waals surface area contributed by atoms with Crippen LogP contribution in [-0.2, 0) is 20.7 Å². The van der Waals surface area contributed by atoms with E-state index in [0.29, 0.717) is 19.6 Å². The Bertz CT molecular complexity index is 680. The number of likely N-dealkylation sites (tertiary alicyclic amines) is 2. The van der Waals surface area contributed by atoms with Gasteiger partial charge in [0.2, 0.25) is 5.91 Å². The molecule has 3 fully saturated rings. The molecule has 3 aliphatic rings. The first-order valence-electron chi connectivity index (χ1n) is 10.6. The number of nitrogens with one attached hydrogen (secondary N) is 1. The smallest absolute Gasteiger partial charge is 0.253 e. The average Bonchev–Trinajstić information content (AvgIpc) is 3.04. The molecule has 1 aromatic carbocycles. The minimum Gasteiger partial charge on any atom is -0.366 e. The molecular formula is C22H31N3O3. The number of carbonyl (C=O) groups is 2. The SMILES string of the molecule is O=C1CC2(CCN(C(=O)C3CNCCO3)CC2)CN1CCCc1ccccc1. The lowest BCUT2D eigenvalue weighted by Gasteiger charge is -2.40. The first kappa shape index (κ1) is 19.4. The van der Waals surface area contributed by atoms with E-state index in [0.717, 1.165) is 58.4 Å². The summed E-state index contributed by atoms with van der Waals surface area (Å²) in [6, 6.07) is 10.5. The molecule has 0 aliphatic carbocycles. The van der Waals surface area contributed by atoms with Crippen LogP contribution in [0.3, 0.4) is 0 Å². The highest BCUT2D eigenvalue weighted by molar-refractivity contribution is 5.82. The minimum atomic E-state index is -0.345. The number of amides is 2. The summed E-state index contributed by atoms with van der Waals surface area (Å²) in [5, 5.41) is 3.22. The Morgan fingerprint density at radius 3 is 2.71 bits per heavy atom. The van der Waals surface area contributed by atoms with E-state index in [-0.39, 0.29) is 23.3 Å². The number of benzene rings is 1. The summed E-state index contributed by atoms with van der Waals surface area (Å²) in [5.41, 5.74) is 1.39. The fraction of sp³-hybridized carbons (Fsp3) is 0.636. The quantitative estimate of drug-likeness (QED) is 0.833. The van der Waals surface area contributed by atoms with E-state index in [2.05, 4.69) is 34.5 Å². The number of hydrogen-bond acceptors (Lipinski definition) is 4. The van der Waals surface area contributed by atoms with Crippen LogP contribution in [0.15, 0.2) is 30.3 Å². The highest BCUT2D eigenvalue weighted by atomic mass is 16.5. The highest BCUT2D eigenvalue weighted by Crippen LogP contribution is 2.41. The second-order valence-corrected chi connectivity index (χ2v) is 8.47. The number of morpholine rings is 1. The zero-order valence-corrected chi connectivity index (χ0v) is 16.6. The maximum Gasteiger partial charge on any atom is 0.253 e. The normalized spacial score (nSPS) is 24.7. The second-order valence-electron chi connectivity index (χ2n) is 8.47. The van der Waals surface area contributed by atoms with Gasteiger partial charge >= 0.3 is 0 Å². The van der Waals surface area contributed by atoms with Crippen LogP contribution >= 0.6 is 0 Å². The van der Waals surface area contributed by atoms with Gasteiger partial charge in [-0.25, -0.2) is 0 Å². The largest absolute Gasteiger partial charge is 0.366 e. The van der Waals surface area contributed by atoms with Crippen LogP contribution in [0.4, 0.5) is 0 Å². The van der Waals surface area contributed by atoms with Crippen LogP contribution in [-0.4, -0.2) is 73.6 Å². The highest BCUT2D eigenvalue weighted by Gasteiger charge is 2.45. The number of aryl methyl sites for hydroxylation is 1. The van der Waals surface area contributed by atoms with Crippen LogP contribution in [0.25, 0.3) is 0 Å². The molecule has 0 radical (unpaired) electrons. The van der Waals surface area contributed by atoms with Gasteiger partial charge in [0.15, 0.2) is 0 Å². The molecule has 3 heterocycles. The average molecular weight is 386 g/mol. The van der Waals surface area contributed by atoms with Crippen molar-refractivity contribution < 1.29 is 14.3 Å². The molecule has 0 aromatic heterocycles. The Kier molecular flexibility index (Phi) is 5.97. The van der Waals surface area contributed by atoms with Gasteiger partial charge in [0, 0.05) is 51.1 Å². The first-order valence-corrected chi connectivity index (χ1v) is 10.6. The molecule has 28 heavy (non-hydrogen) atoms. The van der Waals surface area contributed by atoms with Crippen molar-refractivity contribution in [3.63, 3.8) is 0 Å². The van der Waals surface area contributed by atoms with Crippen LogP contribution in [0.5, 0.6) is 0 Å². The zero-order valence-electron chi connectivity index (χ0n) is 16.6. The number of hydrogen-bond donors (Lipinski definition) is 1. The molecule has 1 unspecified atom stereocenters. The Hall–Kier alpha value is -1.92. The molecule has 0 saturated carbocycles. The molecule has 0 bridgehead atoms. The molecule has 2 amide bonds. The van der Waals surface area contributed by atoms with E-state index in [1.807, 2.05) is 11.0 Å². The Morgan fingerprint density at radius 1 is 1.21 bits per heavy atom. The summed E-state index contributed by atoms with van der Waals surface area (Å²) >= 11 is 0. The maximum atomic E-state index is 12.6. The zero-order chi connectivity index (χ0) is 19.4. The number of piperidine rings is 1. The molecule has 1 aromatic rings. The number of carbonyl (C=O) groups excluding carboxylic acids is 2. The third-order valence-corrected chi connectivity index (χ3v) is 6.48. The summed E-state index contributed by atoms with van der Waals surface area (Å²) in [4.78, 5) is 29.2. The summed E-state index contributed by atoms with van der Waals surface area (Å²) in [5.74, 6) is 0.388. The summed E-state index contributed by atoms with van der Waals surface area (Å²) in [6.45, 7) is 5.18. The van der Waals surface area contributed by atoms with Gasteiger partial charge in [-0.1, -0.05) is 30.3 Å². The van der Waals surface area contributed by atoms with E-state index in [1.54, 1.807) is 0 Å². The van der Waals surface area contributed by atoms with Crippen LogP contribution in [0.1, 0.15) is 31.2 Å². The number of nitrogens with zero attached hydrogens (tertiary/aromatic N) is 2. The van der Waals surface area contributed by atoms with Gasteiger partial charge in [0.25, 0.3) is 5.91 Å². The van der Waals surface area contributed by atoms with Crippen molar-refractivity contribution in [1.29, 1.82) is 0 Å². The van der Waals surface area contributed by atoms with Gasteiger partial charge < -0.3 is 19.9 Å². The van der Waals surface area contributed by atoms with Crippen molar-refractivity contribution in [3.05, 3.63) is 35.9 Å². The van der Waals surface area contributed by atoms with Gasteiger partial charge in [-0.05, 0) is 31.2 Å². The predicted octanol–water partition coefficient (Wildman–Crippen LogP) is 1.45. The van der Waals surface area contributed by atoms with Crippen LogP contribution in [0.2, 0.25) is 0 Å². The molecule has 4 rings (SSSR count). The topological polar surface area (TPSA) is 61.9 Å². The molecule has 6 heteroatoms. The summed E-state index contributed by atoms with van der Waals surface area (Å²) in [7, 11) is 0. The van der Waals surface area contributed by atoms with Crippen molar-refractivity contribution in [1.82, 2.24) is 15.1 Å². The predicted molar refractivity (Wildman–Crippen MR) is 107 cm³/mol. The maximum absolute atomic E-state index is 12.6. The second kappa shape index (κ2) is 8.62. The van der Waals surface area contributed by atoms with Gasteiger partial charge in [-0.3, -0.25) is 9.59 Å². The van der Waals surface area contributed by atoms with Crippen molar-refractivity contribution >= 4 is 11.8 Å². The number of rotatable bonds is 5. The van der Waals surface area contributed by atoms with Crippen molar-refractivity contribution in [3.8, 4) is 0 Å². The van der Waals surface area contributed by atoms with Gasteiger partial charge in [-0.15, -0.1) is 0 Å². The van der Waals surface area contributed by atoms with Crippen LogP contribution < -0.4 is 5.32 Å². The fourth-order valence-electron chi connectivity index (χ4n) is 4.77. The lowest BCUT2D eigenvalue weighted by atomic mass is 9.77. The Labute approximate surface area is 167 Å². The van der Waals surface area contributed by atoms with Crippen molar-refractivity contribution in [2.75, 3.05) is 45.9 Å². The van der Waals surface area contributed by atoms with Crippen molar-refractivity contribution in [2.24, 2.45) is 5.41 Å². The third-order valence-electron chi connectivity index (χ3n) is 6.48. The summed E-state index contributed by atoms with van der Waals surface area (Å²) in [6.07, 6.45) is 4.14. The standard InChI is InChI=1S/C22H31N3O3/c26-20-15-22(17-25(20)11-4-7-18-5-2-1-3-6-18)8-12-24(13-9-22)21(27)19-16-23-10-14-28-19/h1-3,5-6,19,23H,4,7-17H2. The number of ether oxygens (including phenoxy) is 1. The Balaban J connectivity index is 1.25. The van der Waals surface area contributed by atoms with Gasteiger partial charge in [0.1, 0.15) is 6.10 Å². The lowest BCUT2D eigenvalue weighted by molar-refractivity contribution is -0.147. The van der Waals surface area contributed by atoms with Gasteiger partial charge in [0.05, 0.1) is 6.61 Å². The summed E-state index contributed by atoms with van der Waals surface area (Å²) < 4.78 is 5.61. The third kappa shape index (κ3) is 4.39. The minimum absolute atomic E-state index is 0.0618. The molecule has 3 saturated heterocycles. The molecule has 1 spiro atoms. The van der Waals surface area contributed by atoms with Gasteiger partial charge in [-0.2, -0.15) is 0 Å². The molecule has 152 valence electrons. The van der Waals surface area contributed by atoms with E-state index < -0.39 is 0 Å². The Morgan fingerprint density at radius 2 is 2.00 bits per heavy atom. The molecule has 1 atom stereocenters. The van der Waals surface area contributed by atoms with Crippen LogP contribution in [0, 0.1) is 5.41 Å². The molecule has 6 nitrogen and oxygen atoms in total. The molecule has 3 aliphatic heterocycles. The molecular weight excluding hydrogens is 354 g/mol. The first-order chi connectivity index (χ1) is 13.7. The molecule has 1 N–H and O–H groups in total. The van der Waals surface area contributed by atoms with E-state index >= 15 is 0 Å². The van der Waals surface area contributed by atoms with E-state index in [1.165, 1.54) is 5.56 Å².